The number of aliphatic imine (C=N–C) groups is 1. The van der Waals surface area contributed by atoms with E-state index in [1.165, 1.54) is 77.0 Å². The van der Waals surface area contributed by atoms with Crippen LogP contribution >= 0.6 is 0 Å². The predicted molar refractivity (Wildman–Crippen MR) is 230 cm³/mol. The Balaban J connectivity index is 1.15. The molecule has 9 unspecified atom stereocenters. The molecule has 2 aliphatic heterocycles. The second-order valence-electron chi connectivity index (χ2n) is 18.2. The molecular weight excluding hydrogens is 655 g/mol. The average Bonchev–Trinajstić information content (AvgIpc) is 3.71. The Labute approximate surface area is 327 Å². The normalized spacial score (nSPS) is 38.6. The van der Waals surface area contributed by atoms with Gasteiger partial charge in [-0.3, -0.25) is 9.89 Å². The lowest BCUT2D eigenvalue weighted by atomic mass is 9.69. The Morgan fingerprint density at radius 3 is 2.67 bits per heavy atom. The largest absolute Gasteiger partial charge is 0.313 e. The van der Waals surface area contributed by atoms with Crippen molar-refractivity contribution in [2.24, 2.45) is 52.3 Å². The fourth-order valence-corrected chi connectivity index (χ4v) is 11.8. The highest BCUT2D eigenvalue weighted by Crippen LogP contribution is 2.47. The van der Waals surface area contributed by atoms with E-state index in [4.69, 9.17) is 10.4 Å². The molecule has 0 aromatic heterocycles. The molecule has 54 heavy (non-hydrogen) atoms. The quantitative estimate of drug-likeness (QED) is 0.197. The topological polar surface area (TPSA) is 39.5 Å². The molecule has 0 aromatic rings. The zero-order valence-electron chi connectivity index (χ0n) is 33.5. The van der Waals surface area contributed by atoms with Crippen LogP contribution in [-0.4, -0.2) is 42.5 Å². The maximum absolute atomic E-state index is 7.81. The fourth-order valence-electron chi connectivity index (χ4n) is 11.8. The molecule has 6 aliphatic carbocycles. The molecular formula is C51H67N3. The van der Waals surface area contributed by atoms with Gasteiger partial charge in [-0.05, 0) is 155 Å². The minimum atomic E-state index is 0.249. The van der Waals surface area contributed by atoms with E-state index in [1.807, 2.05) is 11.1 Å². The Morgan fingerprint density at radius 2 is 1.81 bits per heavy atom. The number of fused-ring (bicyclic) bond motifs is 3. The molecule has 1 fully saturated rings. The summed E-state index contributed by atoms with van der Waals surface area (Å²) >= 11 is 0. The van der Waals surface area contributed by atoms with E-state index in [2.05, 4.69) is 104 Å². The Morgan fingerprint density at radius 1 is 0.907 bits per heavy atom. The Kier molecular flexibility index (Phi) is 12.0. The number of hydrogen-bond acceptors (Lipinski definition) is 3. The third-order valence-electron chi connectivity index (χ3n) is 15.2. The molecule has 0 radical (unpaired) electrons. The van der Waals surface area contributed by atoms with Crippen molar-refractivity contribution in [2.75, 3.05) is 13.1 Å². The summed E-state index contributed by atoms with van der Waals surface area (Å²) in [5.74, 6) is 4.26. The van der Waals surface area contributed by atoms with Crippen molar-refractivity contribution < 1.29 is 0 Å². The standard InChI is InChI=1S/C51H67N3/c1-4-37(28-29-52)51-31-44(32-53-51)43-21-20-35(2)36(3)46-16-9-10-18-49(46)50(34-54(33-43)45-27-26-38-12-5-6-14-42(38)30-45)41-24-22-40(23-25-41)48-19-11-15-39-13-7-8-17-47(39)48/h4-6,8,12,14-15,17,20,22,26-27,29,32,36-38,41-46,51-52H,1,7,9-11,13,16,18-19,21,23-25,28,30-31,33-34H2,2-3H3/b35-20+,50-49+,52-29?/t36?,37?,38?,41?,42-,43?,44?,45?,46?,51?/m0/s1. The van der Waals surface area contributed by atoms with Crippen molar-refractivity contribution in [3.63, 3.8) is 0 Å². The number of rotatable bonds is 8. The molecule has 0 spiro atoms. The van der Waals surface area contributed by atoms with Crippen molar-refractivity contribution in [1.82, 2.24) is 4.90 Å². The van der Waals surface area contributed by atoms with Gasteiger partial charge in [0.15, 0.2) is 0 Å². The van der Waals surface area contributed by atoms with Gasteiger partial charge in [0.1, 0.15) is 0 Å². The highest BCUT2D eigenvalue weighted by molar-refractivity contribution is 5.65. The first-order valence-corrected chi connectivity index (χ1v) is 22.1. The number of hydrogen-bond donors (Lipinski definition) is 1. The van der Waals surface area contributed by atoms with E-state index < -0.39 is 0 Å². The summed E-state index contributed by atoms with van der Waals surface area (Å²) in [6.45, 7) is 11.4. The van der Waals surface area contributed by atoms with Gasteiger partial charge < -0.3 is 5.41 Å². The lowest BCUT2D eigenvalue weighted by Gasteiger charge is -2.42. The van der Waals surface area contributed by atoms with Crippen molar-refractivity contribution >= 4 is 12.4 Å². The minimum Gasteiger partial charge on any atom is -0.313 e. The van der Waals surface area contributed by atoms with Gasteiger partial charge in [0.25, 0.3) is 0 Å². The molecule has 0 amide bonds. The summed E-state index contributed by atoms with van der Waals surface area (Å²) in [4.78, 5) is 8.12. The molecule has 1 saturated carbocycles. The van der Waals surface area contributed by atoms with Crippen LogP contribution in [0.3, 0.4) is 0 Å². The SMILES string of the molecule is C=CC(CC=N)C1CC(C2C/C=C(\C)C(C)C3CCCC/C3=C(\C3CC=C(C4=C5C=CCCC5=CCC4)CC3)CN(C3C=CC4C=CC=C[C@H]4C3)C2)C=N1. The maximum Gasteiger partial charge on any atom is 0.0568 e. The van der Waals surface area contributed by atoms with Crippen molar-refractivity contribution in [3.05, 3.63) is 119 Å². The van der Waals surface area contributed by atoms with Crippen LogP contribution in [0.25, 0.3) is 0 Å². The molecule has 8 rings (SSSR count). The molecule has 0 saturated heterocycles. The summed E-state index contributed by atoms with van der Waals surface area (Å²) in [5, 5.41) is 7.81. The molecule has 3 heteroatoms. The van der Waals surface area contributed by atoms with Crippen molar-refractivity contribution in [1.29, 1.82) is 5.41 Å². The van der Waals surface area contributed by atoms with Gasteiger partial charge in [-0.1, -0.05) is 103 Å². The van der Waals surface area contributed by atoms with Crippen LogP contribution in [0.5, 0.6) is 0 Å². The summed E-state index contributed by atoms with van der Waals surface area (Å²) in [7, 11) is 0. The van der Waals surface area contributed by atoms with Crippen LogP contribution < -0.4 is 0 Å². The summed E-state index contributed by atoms with van der Waals surface area (Å²) in [5.41, 5.74) is 11.8. The van der Waals surface area contributed by atoms with Gasteiger partial charge in [0, 0.05) is 43.1 Å². The van der Waals surface area contributed by atoms with Gasteiger partial charge in [-0.2, -0.15) is 0 Å². The van der Waals surface area contributed by atoms with E-state index in [0.29, 0.717) is 47.5 Å². The van der Waals surface area contributed by atoms with Gasteiger partial charge in [-0.15, -0.1) is 6.58 Å². The van der Waals surface area contributed by atoms with Crippen LogP contribution in [0.2, 0.25) is 0 Å². The lowest BCUT2D eigenvalue weighted by molar-refractivity contribution is 0.160. The third kappa shape index (κ3) is 8.00. The maximum atomic E-state index is 7.81. The zero-order chi connectivity index (χ0) is 37.0. The van der Waals surface area contributed by atoms with Crippen LogP contribution in [-0.2, 0) is 0 Å². The Bertz CT molecular complexity index is 1730. The third-order valence-corrected chi connectivity index (χ3v) is 15.2. The summed E-state index contributed by atoms with van der Waals surface area (Å²) in [6.07, 6.45) is 51.4. The molecule has 2 heterocycles. The molecule has 0 bridgehead atoms. The average molecular weight is 722 g/mol. The lowest BCUT2D eigenvalue weighted by Crippen LogP contribution is -2.44. The van der Waals surface area contributed by atoms with Gasteiger partial charge in [0.2, 0.25) is 0 Å². The van der Waals surface area contributed by atoms with E-state index in [9.17, 15) is 0 Å². The van der Waals surface area contributed by atoms with Gasteiger partial charge >= 0.3 is 0 Å². The first kappa shape index (κ1) is 37.6. The van der Waals surface area contributed by atoms with Gasteiger partial charge in [0.05, 0.1) is 6.04 Å². The first-order chi connectivity index (χ1) is 26.5. The van der Waals surface area contributed by atoms with E-state index in [1.54, 1.807) is 34.1 Å². The number of nitrogens with zero attached hydrogens (tertiary/aromatic N) is 2. The molecule has 286 valence electrons. The van der Waals surface area contributed by atoms with E-state index in [0.717, 1.165) is 32.4 Å². The molecule has 0 aromatic carbocycles. The highest BCUT2D eigenvalue weighted by Gasteiger charge is 2.38. The van der Waals surface area contributed by atoms with Crippen LogP contribution in [0.4, 0.5) is 0 Å². The highest BCUT2D eigenvalue weighted by atomic mass is 15.2. The number of allylic oxidation sites excluding steroid dienone is 16. The molecule has 10 atom stereocenters. The summed E-state index contributed by atoms with van der Waals surface area (Å²) < 4.78 is 0. The predicted octanol–water partition coefficient (Wildman–Crippen LogP) is 12.5. The first-order valence-electron chi connectivity index (χ1n) is 22.1. The second kappa shape index (κ2) is 17.2. The number of nitrogens with one attached hydrogen (secondary N) is 1. The van der Waals surface area contributed by atoms with Crippen LogP contribution in [0.15, 0.2) is 123 Å². The Hall–Kier alpha value is -3.30. The van der Waals surface area contributed by atoms with E-state index >= 15 is 0 Å². The minimum absolute atomic E-state index is 0.249. The van der Waals surface area contributed by atoms with Crippen molar-refractivity contribution in [3.8, 4) is 0 Å². The van der Waals surface area contributed by atoms with Crippen LogP contribution in [0, 0.1) is 52.8 Å². The van der Waals surface area contributed by atoms with E-state index in [-0.39, 0.29) is 12.0 Å². The molecule has 3 nitrogen and oxygen atoms in total. The fraction of sp³-hybridized carbons (Fsp3) is 0.569. The van der Waals surface area contributed by atoms with Crippen LogP contribution in [0.1, 0.15) is 110 Å². The van der Waals surface area contributed by atoms with Crippen molar-refractivity contribution in [2.45, 2.75) is 122 Å². The van der Waals surface area contributed by atoms with Gasteiger partial charge in [-0.25, -0.2) is 0 Å². The molecule has 8 aliphatic rings. The monoisotopic (exact) mass is 722 g/mol. The molecule has 1 N–H and O–H groups in total. The zero-order valence-corrected chi connectivity index (χ0v) is 33.5. The second-order valence-corrected chi connectivity index (χ2v) is 18.2. The summed E-state index contributed by atoms with van der Waals surface area (Å²) in [6, 6.07) is 0.699. The smallest absolute Gasteiger partial charge is 0.0568 e.